The number of carbonyl (C=O) groups excluding carboxylic acids is 1. The Labute approximate surface area is 96.8 Å². The molecule has 0 heterocycles. The van der Waals surface area contributed by atoms with Crippen molar-refractivity contribution in [2.24, 2.45) is 0 Å². The molecule has 0 spiro atoms. The number of aldehydes is 1. The molecule has 1 rings (SSSR count). The van der Waals surface area contributed by atoms with Gasteiger partial charge in [0.15, 0.2) is 6.29 Å². The van der Waals surface area contributed by atoms with E-state index < -0.39 is 0 Å². The number of hydrogen-bond acceptors (Lipinski definition) is 3. The standard InChI is InChI=1S/C13H19NO2/c1-2-3-5-10-13(11-15)16-14-12-8-6-4-7-9-12/h4,6-9,11,13-14H,2-3,5,10H2,1H3/t13-/m1/s1. The van der Waals surface area contributed by atoms with Crippen molar-refractivity contribution in [1.29, 1.82) is 0 Å². The summed E-state index contributed by atoms with van der Waals surface area (Å²) in [6, 6.07) is 9.56. The van der Waals surface area contributed by atoms with Gasteiger partial charge in [0.25, 0.3) is 0 Å². The predicted molar refractivity (Wildman–Crippen MR) is 65.1 cm³/mol. The van der Waals surface area contributed by atoms with Crippen molar-refractivity contribution in [3.63, 3.8) is 0 Å². The lowest BCUT2D eigenvalue weighted by Crippen LogP contribution is -2.18. The quantitative estimate of drug-likeness (QED) is 0.416. The molecule has 0 radical (unpaired) electrons. The molecule has 0 amide bonds. The highest BCUT2D eigenvalue weighted by atomic mass is 16.7. The van der Waals surface area contributed by atoms with Gasteiger partial charge in [-0.2, -0.15) is 0 Å². The molecule has 88 valence electrons. The Balaban J connectivity index is 2.26. The van der Waals surface area contributed by atoms with E-state index in [0.717, 1.165) is 37.7 Å². The Bertz CT molecular complexity index is 287. The number of nitrogens with one attached hydrogen (secondary N) is 1. The number of unbranched alkanes of at least 4 members (excludes halogenated alkanes) is 2. The van der Waals surface area contributed by atoms with Crippen molar-refractivity contribution in [2.45, 2.75) is 38.7 Å². The van der Waals surface area contributed by atoms with E-state index in [1.807, 2.05) is 30.3 Å². The summed E-state index contributed by atoms with van der Waals surface area (Å²) in [5.74, 6) is 0. The van der Waals surface area contributed by atoms with Gasteiger partial charge in [-0.15, -0.1) is 0 Å². The summed E-state index contributed by atoms with van der Waals surface area (Å²) in [5.41, 5.74) is 3.66. The van der Waals surface area contributed by atoms with Crippen LogP contribution in [0.4, 0.5) is 5.69 Å². The average Bonchev–Trinajstić information content (AvgIpc) is 2.35. The van der Waals surface area contributed by atoms with Gasteiger partial charge < -0.3 is 4.79 Å². The summed E-state index contributed by atoms with van der Waals surface area (Å²) in [6.07, 6.45) is 4.59. The number of para-hydroxylation sites is 1. The first-order valence-electron chi connectivity index (χ1n) is 5.78. The maximum absolute atomic E-state index is 10.8. The molecular weight excluding hydrogens is 202 g/mol. The Morgan fingerprint density at radius 2 is 2.06 bits per heavy atom. The third-order valence-electron chi connectivity index (χ3n) is 2.35. The zero-order valence-corrected chi connectivity index (χ0v) is 9.69. The van der Waals surface area contributed by atoms with Crippen LogP contribution in [0.5, 0.6) is 0 Å². The van der Waals surface area contributed by atoms with E-state index in [1.54, 1.807) is 0 Å². The van der Waals surface area contributed by atoms with Crippen LogP contribution in [-0.2, 0) is 9.63 Å². The molecule has 1 aromatic rings. The smallest absolute Gasteiger partial charge is 0.151 e. The van der Waals surface area contributed by atoms with Crippen molar-refractivity contribution >= 4 is 12.0 Å². The van der Waals surface area contributed by atoms with Crippen molar-refractivity contribution in [1.82, 2.24) is 0 Å². The molecule has 0 bridgehead atoms. The molecule has 0 saturated carbocycles. The van der Waals surface area contributed by atoms with Gasteiger partial charge in [0, 0.05) is 0 Å². The first-order chi connectivity index (χ1) is 7.86. The van der Waals surface area contributed by atoms with Gasteiger partial charge >= 0.3 is 0 Å². The zero-order valence-electron chi connectivity index (χ0n) is 9.69. The minimum Gasteiger partial charge on any atom is -0.300 e. The molecule has 0 aromatic heterocycles. The van der Waals surface area contributed by atoms with Gasteiger partial charge in [-0.1, -0.05) is 44.4 Å². The first kappa shape index (κ1) is 12.7. The van der Waals surface area contributed by atoms with Gasteiger partial charge in [0.05, 0.1) is 5.69 Å². The highest BCUT2D eigenvalue weighted by Crippen LogP contribution is 2.09. The van der Waals surface area contributed by atoms with Crippen molar-refractivity contribution < 1.29 is 9.63 Å². The van der Waals surface area contributed by atoms with E-state index in [2.05, 4.69) is 12.4 Å². The highest BCUT2D eigenvalue weighted by molar-refractivity contribution is 5.56. The van der Waals surface area contributed by atoms with Crippen LogP contribution in [0, 0.1) is 0 Å². The maximum atomic E-state index is 10.8. The first-order valence-corrected chi connectivity index (χ1v) is 5.78. The van der Waals surface area contributed by atoms with E-state index in [9.17, 15) is 4.79 Å². The fourth-order valence-corrected chi connectivity index (χ4v) is 1.40. The Hall–Kier alpha value is -1.35. The summed E-state index contributed by atoms with van der Waals surface area (Å²) in [5, 5.41) is 0. The second kappa shape index (κ2) is 7.88. The van der Waals surface area contributed by atoms with E-state index in [1.165, 1.54) is 0 Å². The molecule has 0 saturated heterocycles. The van der Waals surface area contributed by atoms with Crippen LogP contribution in [0.25, 0.3) is 0 Å². The van der Waals surface area contributed by atoms with Crippen molar-refractivity contribution in [2.75, 3.05) is 5.48 Å². The van der Waals surface area contributed by atoms with E-state index >= 15 is 0 Å². The van der Waals surface area contributed by atoms with Gasteiger partial charge in [0.1, 0.15) is 6.10 Å². The Morgan fingerprint density at radius 1 is 1.31 bits per heavy atom. The van der Waals surface area contributed by atoms with Crippen molar-refractivity contribution in [3.8, 4) is 0 Å². The molecule has 0 aliphatic carbocycles. The number of rotatable bonds is 8. The third kappa shape index (κ3) is 4.94. The molecule has 1 aromatic carbocycles. The third-order valence-corrected chi connectivity index (χ3v) is 2.35. The van der Waals surface area contributed by atoms with Crippen LogP contribution in [0.15, 0.2) is 30.3 Å². The van der Waals surface area contributed by atoms with E-state index in [-0.39, 0.29) is 6.10 Å². The lowest BCUT2D eigenvalue weighted by molar-refractivity contribution is -0.116. The van der Waals surface area contributed by atoms with Crippen LogP contribution in [-0.4, -0.2) is 12.4 Å². The lowest BCUT2D eigenvalue weighted by Gasteiger charge is -2.12. The van der Waals surface area contributed by atoms with Crippen LogP contribution in [0.2, 0.25) is 0 Å². The number of benzene rings is 1. The predicted octanol–water partition coefficient (Wildman–Crippen LogP) is 3.18. The summed E-state index contributed by atoms with van der Waals surface area (Å²) >= 11 is 0. The normalized spacial score (nSPS) is 12.1. The minimum absolute atomic E-state index is 0.355. The van der Waals surface area contributed by atoms with Crippen LogP contribution in [0.1, 0.15) is 32.6 Å². The van der Waals surface area contributed by atoms with Gasteiger partial charge in [-0.05, 0) is 18.6 Å². The van der Waals surface area contributed by atoms with Crippen LogP contribution in [0.3, 0.4) is 0 Å². The van der Waals surface area contributed by atoms with E-state index in [0.29, 0.717) is 0 Å². The van der Waals surface area contributed by atoms with Gasteiger partial charge in [0.2, 0.25) is 0 Å². The van der Waals surface area contributed by atoms with E-state index in [4.69, 9.17) is 4.84 Å². The Kier molecular flexibility index (Phi) is 6.26. The molecule has 3 heteroatoms. The molecule has 0 fully saturated rings. The zero-order chi connectivity index (χ0) is 11.6. The molecule has 0 aliphatic rings. The second-order valence-corrected chi connectivity index (χ2v) is 3.76. The fraction of sp³-hybridized carbons (Fsp3) is 0.462. The number of anilines is 1. The van der Waals surface area contributed by atoms with Crippen LogP contribution < -0.4 is 5.48 Å². The molecule has 16 heavy (non-hydrogen) atoms. The summed E-state index contributed by atoms with van der Waals surface area (Å²) < 4.78 is 0. The topological polar surface area (TPSA) is 38.3 Å². The SMILES string of the molecule is CCCCC[C@H](C=O)ONc1ccccc1. The van der Waals surface area contributed by atoms with Gasteiger partial charge in [-0.3, -0.25) is 10.3 Å². The highest BCUT2D eigenvalue weighted by Gasteiger charge is 2.07. The summed E-state index contributed by atoms with van der Waals surface area (Å²) in [4.78, 5) is 16.1. The lowest BCUT2D eigenvalue weighted by atomic mass is 10.1. The molecular formula is C13H19NO2. The van der Waals surface area contributed by atoms with Gasteiger partial charge in [-0.25, -0.2) is 0 Å². The molecule has 0 aliphatic heterocycles. The molecule has 3 nitrogen and oxygen atoms in total. The molecule has 1 N–H and O–H groups in total. The summed E-state index contributed by atoms with van der Waals surface area (Å²) in [6.45, 7) is 2.14. The van der Waals surface area contributed by atoms with Crippen LogP contribution >= 0.6 is 0 Å². The number of hydrogen-bond donors (Lipinski definition) is 1. The monoisotopic (exact) mass is 221 g/mol. The van der Waals surface area contributed by atoms with Crippen molar-refractivity contribution in [3.05, 3.63) is 30.3 Å². The maximum Gasteiger partial charge on any atom is 0.151 e. The minimum atomic E-state index is -0.355. The number of carbonyl (C=O) groups is 1. The fourth-order valence-electron chi connectivity index (χ4n) is 1.40. The Morgan fingerprint density at radius 3 is 2.69 bits per heavy atom. The molecule has 0 unspecified atom stereocenters. The second-order valence-electron chi connectivity index (χ2n) is 3.76. The summed E-state index contributed by atoms with van der Waals surface area (Å²) in [7, 11) is 0. The largest absolute Gasteiger partial charge is 0.300 e. The average molecular weight is 221 g/mol. The molecule has 1 atom stereocenters.